The Balaban J connectivity index is 2.03. The molecule has 2 amide bonds. The van der Waals surface area contributed by atoms with Crippen molar-refractivity contribution in [2.24, 2.45) is 0 Å². The molecule has 2 N–H and O–H groups in total. The lowest BCUT2D eigenvalue weighted by molar-refractivity contribution is 0.249. The van der Waals surface area contributed by atoms with Crippen LogP contribution in [0, 0.1) is 11.6 Å². The van der Waals surface area contributed by atoms with Crippen LogP contribution in [0.2, 0.25) is 0 Å². The van der Waals surface area contributed by atoms with Crippen LogP contribution in [0.1, 0.15) is 18.5 Å². The van der Waals surface area contributed by atoms with Gasteiger partial charge in [0.25, 0.3) is 0 Å². The number of urea groups is 1. The monoisotopic (exact) mass is 354 g/mol. The van der Waals surface area contributed by atoms with Gasteiger partial charge in [-0.2, -0.15) is 0 Å². The highest BCUT2D eigenvalue weighted by atomic mass is 79.9. The van der Waals surface area contributed by atoms with E-state index in [0.29, 0.717) is 0 Å². The summed E-state index contributed by atoms with van der Waals surface area (Å²) in [5.74, 6) is -1.31. The third-order valence-electron chi connectivity index (χ3n) is 2.87. The molecule has 0 fully saturated rings. The van der Waals surface area contributed by atoms with Gasteiger partial charge in [0.15, 0.2) is 0 Å². The molecule has 0 unspecified atom stereocenters. The Morgan fingerprint density at radius 3 is 2.67 bits per heavy atom. The molecule has 0 radical (unpaired) electrons. The van der Waals surface area contributed by atoms with Crippen LogP contribution in [0.3, 0.4) is 0 Å². The zero-order valence-corrected chi connectivity index (χ0v) is 12.7. The molecule has 0 saturated carbocycles. The van der Waals surface area contributed by atoms with Crippen molar-refractivity contribution in [3.63, 3.8) is 0 Å². The molecule has 0 aromatic heterocycles. The summed E-state index contributed by atoms with van der Waals surface area (Å²) in [5, 5.41) is 4.95. The zero-order valence-electron chi connectivity index (χ0n) is 11.2. The maximum Gasteiger partial charge on any atom is 0.319 e. The first-order valence-electron chi connectivity index (χ1n) is 6.24. The van der Waals surface area contributed by atoms with Gasteiger partial charge in [-0.3, -0.25) is 0 Å². The molecule has 0 aliphatic heterocycles. The lowest BCUT2D eigenvalue weighted by Crippen LogP contribution is -2.31. The maximum absolute atomic E-state index is 13.4. The Morgan fingerprint density at radius 2 is 1.95 bits per heavy atom. The minimum absolute atomic E-state index is 0.200. The van der Waals surface area contributed by atoms with E-state index >= 15 is 0 Å². The van der Waals surface area contributed by atoms with Crippen LogP contribution in [0.15, 0.2) is 46.9 Å². The first kappa shape index (κ1) is 15.4. The van der Waals surface area contributed by atoms with Gasteiger partial charge >= 0.3 is 6.03 Å². The molecule has 2 aromatic rings. The second-order valence-corrected chi connectivity index (χ2v) is 5.41. The molecular formula is C15H13BrF2N2O. The van der Waals surface area contributed by atoms with Crippen LogP contribution in [0.25, 0.3) is 0 Å². The van der Waals surface area contributed by atoms with E-state index in [1.54, 1.807) is 6.92 Å². The summed E-state index contributed by atoms with van der Waals surface area (Å²) in [7, 11) is 0. The second-order valence-electron chi connectivity index (χ2n) is 4.50. The number of carbonyl (C=O) groups is 1. The van der Waals surface area contributed by atoms with Gasteiger partial charge in [-0.05, 0) is 36.8 Å². The number of rotatable bonds is 3. The van der Waals surface area contributed by atoms with E-state index in [-0.39, 0.29) is 11.7 Å². The van der Waals surface area contributed by atoms with Crippen molar-refractivity contribution in [1.82, 2.24) is 5.32 Å². The highest BCUT2D eigenvalue weighted by Gasteiger charge is 2.12. The fourth-order valence-corrected chi connectivity index (χ4v) is 2.22. The second kappa shape index (κ2) is 6.67. The largest absolute Gasteiger partial charge is 0.331 e. The van der Waals surface area contributed by atoms with Gasteiger partial charge in [-0.15, -0.1) is 0 Å². The fraction of sp³-hybridized carbons (Fsp3) is 0.133. The van der Waals surface area contributed by atoms with Gasteiger partial charge in [0.1, 0.15) is 11.6 Å². The van der Waals surface area contributed by atoms with E-state index < -0.39 is 17.7 Å². The van der Waals surface area contributed by atoms with Crippen molar-refractivity contribution in [1.29, 1.82) is 0 Å². The predicted molar refractivity (Wildman–Crippen MR) is 81.1 cm³/mol. The Labute approximate surface area is 129 Å². The van der Waals surface area contributed by atoms with Crippen LogP contribution in [-0.2, 0) is 0 Å². The van der Waals surface area contributed by atoms with E-state index in [4.69, 9.17) is 0 Å². The molecule has 1 atom stereocenters. The lowest BCUT2D eigenvalue weighted by Gasteiger charge is -2.15. The smallest absolute Gasteiger partial charge is 0.319 e. The topological polar surface area (TPSA) is 41.1 Å². The molecule has 0 aliphatic carbocycles. The predicted octanol–water partition coefficient (Wildman–Crippen LogP) is 4.61. The normalized spacial score (nSPS) is 11.8. The van der Waals surface area contributed by atoms with Gasteiger partial charge in [-0.25, -0.2) is 13.6 Å². The SMILES string of the molecule is C[C@@H](NC(=O)Nc1cc(F)ccc1F)c1cccc(Br)c1. The number of hydrogen-bond donors (Lipinski definition) is 2. The van der Waals surface area contributed by atoms with Crippen molar-refractivity contribution >= 4 is 27.6 Å². The van der Waals surface area contributed by atoms with Crippen LogP contribution >= 0.6 is 15.9 Å². The molecule has 21 heavy (non-hydrogen) atoms. The van der Waals surface area contributed by atoms with Gasteiger partial charge in [0.2, 0.25) is 0 Å². The molecule has 6 heteroatoms. The van der Waals surface area contributed by atoms with Gasteiger partial charge in [-0.1, -0.05) is 28.1 Å². The molecule has 3 nitrogen and oxygen atoms in total. The maximum atomic E-state index is 13.4. The highest BCUT2D eigenvalue weighted by Crippen LogP contribution is 2.19. The zero-order chi connectivity index (χ0) is 15.4. The Bertz CT molecular complexity index is 664. The summed E-state index contributed by atoms with van der Waals surface area (Å²) < 4.78 is 27.3. The third-order valence-corrected chi connectivity index (χ3v) is 3.37. The molecule has 2 rings (SSSR count). The average Bonchev–Trinajstić information content (AvgIpc) is 2.42. The number of amides is 2. The van der Waals surface area contributed by atoms with E-state index in [1.807, 2.05) is 24.3 Å². The van der Waals surface area contributed by atoms with Crippen molar-refractivity contribution in [2.45, 2.75) is 13.0 Å². The van der Waals surface area contributed by atoms with Crippen LogP contribution < -0.4 is 10.6 Å². The quantitative estimate of drug-likeness (QED) is 0.830. The molecule has 110 valence electrons. The van der Waals surface area contributed by atoms with Crippen LogP contribution in [0.5, 0.6) is 0 Å². The van der Waals surface area contributed by atoms with E-state index in [0.717, 1.165) is 28.2 Å². The number of benzene rings is 2. The molecule has 0 saturated heterocycles. The summed E-state index contributed by atoms with van der Waals surface area (Å²) in [5.41, 5.74) is 0.688. The fourth-order valence-electron chi connectivity index (χ4n) is 1.81. The summed E-state index contributed by atoms with van der Waals surface area (Å²) in [6.45, 7) is 1.79. The Kier molecular flexibility index (Phi) is 4.90. The third kappa shape index (κ3) is 4.26. The van der Waals surface area contributed by atoms with Gasteiger partial charge in [0, 0.05) is 10.5 Å². The molecule has 0 heterocycles. The number of halogens is 3. The summed E-state index contributed by atoms with van der Waals surface area (Å²) >= 11 is 3.35. The summed E-state index contributed by atoms with van der Waals surface area (Å²) in [4.78, 5) is 11.8. The summed E-state index contributed by atoms with van der Waals surface area (Å²) in [6.07, 6.45) is 0. The Morgan fingerprint density at radius 1 is 1.19 bits per heavy atom. The van der Waals surface area contributed by atoms with Crippen molar-refractivity contribution in [2.75, 3.05) is 5.32 Å². The van der Waals surface area contributed by atoms with Crippen molar-refractivity contribution in [3.05, 3.63) is 64.1 Å². The summed E-state index contributed by atoms with van der Waals surface area (Å²) in [6, 6.07) is 9.45. The standard InChI is InChI=1S/C15H13BrF2N2O/c1-9(10-3-2-4-11(16)7-10)19-15(21)20-14-8-12(17)5-6-13(14)18/h2-9H,1H3,(H2,19,20,21)/t9-/m1/s1. The van der Waals surface area contributed by atoms with Crippen LogP contribution in [0.4, 0.5) is 19.3 Å². The van der Waals surface area contributed by atoms with E-state index in [1.165, 1.54) is 0 Å². The van der Waals surface area contributed by atoms with E-state index in [2.05, 4.69) is 26.6 Å². The number of carbonyl (C=O) groups excluding carboxylic acids is 1. The van der Waals surface area contributed by atoms with Crippen LogP contribution in [-0.4, -0.2) is 6.03 Å². The molecule has 2 aromatic carbocycles. The van der Waals surface area contributed by atoms with Crippen molar-refractivity contribution in [3.8, 4) is 0 Å². The van der Waals surface area contributed by atoms with E-state index in [9.17, 15) is 13.6 Å². The molecule has 0 spiro atoms. The Hall–Kier alpha value is -1.95. The minimum atomic E-state index is -0.693. The molecule has 0 aliphatic rings. The number of anilines is 1. The molecular weight excluding hydrogens is 342 g/mol. The first-order chi connectivity index (χ1) is 9.95. The molecule has 0 bridgehead atoms. The number of hydrogen-bond acceptors (Lipinski definition) is 1. The van der Waals surface area contributed by atoms with Crippen molar-refractivity contribution < 1.29 is 13.6 Å². The minimum Gasteiger partial charge on any atom is -0.331 e. The number of nitrogens with one attached hydrogen (secondary N) is 2. The van der Waals surface area contributed by atoms with Gasteiger partial charge < -0.3 is 10.6 Å². The lowest BCUT2D eigenvalue weighted by atomic mass is 10.1. The first-order valence-corrected chi connectivity index (χ1v) is 7.03. The average molecular weight is 355 g/mol. The van der Waals surface area contributed by atoms with Gasteiger partial charge in [0.05, 0.1) is 11.7 Å². The highest BCUT2D eigenvalue weighted by molar-refractivity contribution is 9.10.